The Balaban J connectivity index is 1.55. The summed E-state index contributed by atoms with van der Waals surface area (Å²) >= 11 is 0. The van der Waals surface area contributed by atoms with E-state index in [2.05, 4.69) is 26.8 Å². The number of allylic oxidation sites excluding steroid dienone is 1. The van der Waals surface area contributed by atoms with Crippen molar-refractivity contribution in [3.63, 3.8) is 0 Å². The molecule has 2 aliphatic heterocycles. The van der Waals surface area contributed by atoms with Crippen LogP contribution in [0.3, 0.4) is 0 Å². The maximum atomic E-state index is 12.6. The van der Waals surface area contributed by atoms with Crippen LogP contribution in [0.2, 0.25) is 0 Å². The quantitative estimate of drug-likeness (QED) is 0.622. The van der Waals surface area contributed by atoms with Crippen molar-refractivity contribution in [2.75, 3.05) is 19.6 Å². The summed E-state index contributed by atoms with van der Waals surface area (Å²) in [4.78, 5) is 14.2. The first kappa shape index (κ1) is 16.6. The number of likely N-dealkylation sites (tertiary alicyclic amines) is 1. The van der Waals surface area contributed by atoms with Gasteiger partial charge in [0.25, 0.3) is 0 Å². The lowest BCUT2D eigenvalue weighted by molar-refractivity contribution is -0.911. The molecule has 0 bridgehead atoms. The Bertz CT molecular complexity index is 542. The zero-order valence-corrected chi connectivity index (χ0v) is 15.6. The van der Waals surface area contributed by atoms with E-state index < -0.39 is 0 Å². The van der Waals surface area contributed by atoms with Crippen molar-refractivity contribution >= 4 is 5.97 Å². The van der Waals surface area contributed by atoms with Gasteiger partial charge in [0, 0.05) is 11.8 Å². The molecule has 4 aliphatic rings. The van der Waals surface area contributed by atoms with Gasteiger partial charge >= 0.3 is 5.97 Å². The number of nitrogens with one attached hydrogen (secondary N) is 1. The van der Waals surface area contributed by atoms with E-state index in [1.165, 1.54) is 45.2 Å². The molecule has 0 aromatic heterocycles. The number of carbonyl (C=O) groups is 1. The molecule has 0 aromatic rings. The molecule has 2 aliphatic carbocycles. The molecule has 134 valence electrons. The minimum Gasteiger partial charge on any atom is -0.461 e. The normalized spacial score (nSPS) is 48.3. The van der Waals surface area contributed by atoms with Gasteiger partial charge in [-0.2, -0.15) is 0 Å². The fraction of sp³-hybridized carbons (Fsp3) is 0.857. The Kier molecular flexibility index (Phi) is 4.27. The molecule has 0 radical (unpaired) electrons. The van der Waals surface area contributed by atoms with Crippen LogP contribution in [0.4, 0.5) is 0 Å². The smallest absolute Gasteiger partial charge is 0.315 e. The number of hydrogen-bond acceptors (Lipinski definition) is 2. The first-order valence-corrected chi connectivity index (χ1v) is 10.2. The summed E-state index contributed by atoms with van der Waals surface area (Å²) < 4.78 is 5.90. The molecule has 2 heterocycles. The van der Waals surface area contributed by atoms with Crippen LogP contribution in [0.1, 0.15) is 59.3 Å². The second kappa shape index (κ2) is 6.16. The van der Waals surface area contributed by atoms with E-state index in [0.29, 0.717) is 11.8 Å². The van der Waals surface area contributed by atoms with Crippen LogP contribution < -0.4 is 4.90 Å². The predicted octanol–water partition coefficient (Wildman–Crippen LogP) is 2.62. The second-order valence-electron chi connectivity index (χ2n) is 9.49. The highest BCUT2D eigenvalue weighted by molar-refractivity contribution is 5.76. The molecule has 7 atom stereocenters. The SMILES string of the molecule is C[C@@H]1CCC[NH+](C[C@H]2C(=O)O[C@@H]3C[C@@]4(C)CCC[C@H](C)C4=C[C@@H]32)C1. The number of piperidine rings is 1. The van der Waals surface area contributed by atoms with Crippen LogP contribution >= 0.6 is 0 Å². The number of hydrogen-bond donors (Lipinski definition) is 1. The van der Waals surface area contributed by atoms with E-state index in [1.807, 2.05) is 0 Å². The molecule has 3 fully saturated rings. The van der Waals surface area contributed by atoms with Gasteiger partial charge in [-0.3, -0.25) is 4.79 Å². The maximum absolute atomic E-state index is 12.6. The number of esters is 1. The summed E-state index contributed by atoms with van der Waals surface area (Å²) in [5.41, 5.74) is 1.92. The number of quaternary nitrogens is 1. The average molecular weight is 333 g/mol. The molecule has 0 spiro atoms. The summed E-state index contributed by atoms with van der Waals surface area (Å²) in [7, 11) is 0. The van der Waals surface area contributed by atoms with Crippen LogP contribution in [0.5, 0.6) is 0 Å². The van der Waals surface area contributed by atoms with Gasteiger partial charge in [0.1, 0.15) is 12.0 Å². The number of rotatable bonds is 2. The lowest BCUT2D eigenvalue weighted by Gasteiger charge is -2.46. The first-order chi connectivity index (χ1) is 11.5. The zero-order chi connectivity index (χ0) is 16.9. The summed E-state index contributed by atoms with van der Waals surface area (Å²) in [6.45, 7) is 10.6. The first-order valence-electron chi connectivity index (χ1n) is 10.2. The van der Waals surface area contributed by atoms with Gasteiger partial charge in [0.05, 0.1) is 19.6 Å². The van der Waals surface area contributed by atoms with E-state index >= 15 is 0 Å². The highest BCUT2D eigenvalue weighted by Crippen LogP contribution is 2.53. The van der Waals surface area contributed by atoms with Gasteiger partial charge in [-0.25, -0.2) is 0 Å². The lowest BCUT2D eigenvalue weighted by atomic mass is 9.59. The van der Waals surface area contributed by atoms with Crippen LogP contribution in [-0.4, -0.2) is 31.7 Å². The third-order valence-corrected chi connectivity index (χ3v) is 7.45. The molecule has 3 nitrogen and oxygen atoms in total. The third kappa shape index (κ3) is 2.83. The second-order valence-corrected chi connectivity index (χ2v) is 9.49. The van der Waals surface area contributed by atoms with Gasteiger partial charge in [-0.15, -0.1) is 0 Å². The van der Waals surface area contributed by atoms with E-state index in [0.717, 1.165) is 18.9 Å². The maximum Gasteiger partial charge on any atom is 0.315 e. The van der Waals surface area contributed by atoms with Crippen LogP contribution in [0, 0.1) is 29.1 Å². The highest BCUT2D eigenvalue weighted by Gasteiger charge is 2.52. The van der Waals surface area contributed by atoms with E-state index in [-0.39, 0.29) is 23.4 Å². The molecule has 3 heteroatoms. The molecule has 1 N–H and O–H groups in total. The molecule has 1 saturated carbocycles. The minimum atomic E-state index is 0.0856. The summed E-state index contributed by atoms with van der Waals surface area (Å²) in [5, 5.41) is 0. The van der Waals surface area contributed by atoms with Gasteiger partial charge in [0.15, 0.2) is 0 Å². The lowest BCUT2D eigenvalue weighted by Crippen LogP contribution is -3.14. The standard InChI is InChI=1S/C21H33NO2/c1-14-6-5-9-22(12-14)13-17-16-10-18-15(2)7-4-8-21(18,3)11-19(16)24-20(17)23/h10,14-17,19H,4-9,11-13H2,1-3H3/p+1/t14-,15+,16-,17-,19-,21-/m1/s1. The molecule has 0 amide bonds. The molecule has 2 saturated heterocycles. The number of fused-ring (bicyclic) bond motifs is 2. The molecule has 0 aromatic carbocycles. The third-order valence-electron chi connectivity index (χ3n) is 7.45. The van der Waals surface area contributed by atoms with E-state index in [1.54, 1.807) is 10.5 Å². The number of carbonyl (C=O) groups excluding carboxylic acids is 1. The van der Waals surface area contributed by atoms with Crippen molar-refractivity contribution in [1.29, 1.82) is 0 Å². The summed E-state index contributed by atoms with van der Waals surface area (Å²) in [5.74, 6) is 2.01. The summed E-state index contributed by atoms with van der Waals surface area (Å²) in [6, 6.07) is 0. The van der Waals surface area contributed by atoms with Crippen molar-refractivity contribution in [1.82, 2.24) is 0 Å². The van der Waals surface area contributed by atoms with E-state index in [9.17, 15) is 4.79 Å². The predicted molar refractivity (Wildman–Crippen MR) is 94.6 cm³/mol. The highest BCUT2D eigenvalue weighted by atomic mass is 16.6. The summed E-state index contributed by atoms with van der Waals surface area (Å²) in [6.07, 6.45) is 10.3. The van der Waals surface area contributed by atoms with Crippen LogP contribution in [0.25, 0.3) is 0 Å². The van der Waals surface area contributed by atoms with Crippen molar-refractivity contribution in [3.05, 3.63) is 11.6 Å². The van der Waals surface area contributed by atoms with Crippen LogP contribution in [-0.2, 0) is 9.53 Å². The van der Waals surface area contributed by atoms with E-state index in [4.69, 9.17) is 4.74 Å². The largest absolute Gasteiger partial charge is 0.461 e. The zero-order valence-electron chi connectivity index (χ0n) is 15.6. The molecule has 1 unspecified atom stereocenters. The minimum absolute atomic E-state index is 0.0856. The number of ether oxygens (including phenoxy) is 1. The van der Waals surface area contributed by atoms with Gasteiger partial charge in [-0.1, -0.05) is 38.8 Å². The van der Waals surface area contributed by atoms with Crippen LogP contribution in [0.15, 0.2) is 11.6 Å². The Morgan fingerprint density at radius 3 is 2.92 bits per heavy atom. The van der Waals surface area contributed by atoms with Gasteiger partial charge < -0.3 is 9.64 Å². The van der Waals surface area contributed by atoms with Crippen molar-refractivity contribution in [2.45, 2.75) is 65.4 Å². The monoisotopic (exact) mass is 332 g/mol. The molecular weight excluding hydrogens is 298 g/mol. The molecule has 4 rings (SSSR count). The van der Waals surface area contributed by atoms with Gasteiger partial charge in [-0.05, 0) is 43.4 Å². The Morgan fingerprint density at radius 1 is 1.29 bits per heavy atom. The molecule has 24 heavy (non-hydrogen) atoms. The average Bonchev–Trinajstić information content (AvgIpc) is 2.80. The Morgan fingerprint density at radius 2 is 2.12 bits per heavy atom. The van der Waals surface area contributed by atoms with Crippen molar-refractivity contribution < 1.29 is 14.4 Å². The van der Waals surface area contributed by atoms with Crippen molar-refractivity contribution in [3.8, 4) is 0 Å². The Labute approximate surface area is 146 Å². The van der Waals surface area contributed by atoms with Crippen molar-refractivity contribution in [2.24, 2.45) is 29.1 Å². The fourth-order valence-electron chi connectivity index (χ4n) is 6.18. The fourth-order valence-corrected chi connectivity index (χ4v) is 6.18. The topological polar surface area (TPSA) is 30.7 Å². The van der Waals surface area contributed by atoms with Gasteiger partial charge in [0.2, 0.25) is 0 Å². The molecular formula is C21H34NO2+. The Hall–Kier alpha value is -0.830.